The monoisotopic (exact) mass is 439 g/mol. The normalized spacial score (nSPS) is 11.0. The Labute approximate surface area is 184 Å². The summed E-state index contributed by atoms with van der Waals surface area (Å²) in [7, 11) is 0. The summed E-state index contributed by atoms with van der Waals surface area (Å²) in [5.41, 5.74) is 3.74. The van der Waals surface area contributed by atoms with E-state index < -0.39 is 5.97 Å². The van der Waals surface area contributed by atoms with Crippen molar-refractivity contribution >= 4 is 40.1 Å². The Morgan fingerprint density at radius 3 is 2.50 bits per heavy atom. The van der Waals surface area contributed by atoms with E-state index in [1.54, 1.807) is 22.8 Å². The number of ether oxygens (including phenoxy) is 1. The molecule has 0 aliphatic rings. The molecule has 0 aliphatic heterocycles. The van der Waals surface area contributed by atoms with Crippen LogP contribution in [0.2, 0.25) is 10.0 Å². The molecule has 0 atom stereocenters. The fourth-order valence-corrected chi connectivity index (χ4v) is 4.19. The molecule has 4 nitrogen and oxygen atoms in total. The highest BCUT2D eigenvalue weighted by Crippen LogP contribution is 2.37. The van der Waals surface area contributed by atoms with Gasteiger partial charge in [0, 0.05) is 21.5 Å². The van der Waals surface area contributed by atoms with Gasteiger partial charge in [0.25, 0.3) is 0 Å². The first-order valence-electron chi connectivity index (χ1n) is 9.45. The quantitative estimate of drug-likeness (QED) is 0.363. The molecule has 1 heterocycles. The van der Waals surface area contributed by atoms with E-state index >= 15 is 0 Å². The molecule has 1 N–H and O–H groups in total. The molecule has 0 bridgehead atoms. The number of hydrogen-bond donors (Lipinski definition) is 1. The second-order valence-electron chi connectivity index (χ2n) is 6.94. The Balaban J connectivity index is 1.77. The maximum Gasteiger partial charge on any atom is 0.353 e. The van der Waals surface area contributed by atoms with Gasteiger partial charge in [-0.3, -0.25) is 0 Å². The maximum absolute atomic E-state index is 12.3. The Hall–Kier alpha value is -2.95. The van der Waals surface area contributed by atoms with Crippen molar-refractivity contribution in [2.75, 3.05) is 6.61 Å². The Morgan fingerprint density at radius 1 is 1.03 bits per heavy atom. The molecule has 0 unspecified atom stereocenters. The second-order valence-corrected chi connectivity index (χ2v) is 7.78. The van der Waals surface area contributed by atoms with Gasteiger partial charge >= 0.3 is 5.97 Å². The van der Waals surface area contributed by atoms with Gasteiger partial charge in [-0.2, -0.15) is 0 Å². The minimum absolute atomic E-state index is 0.247. The van der Waals surface area contributed by atoms with Crippen molar-refractivity contribution in [2.45, 2.75) is 13.5 Å². The van der Waals surface area contributed by atoms with Crippen molar-refractivity contribution < 1.29 is 14.6 Å². The van der Waals surface area contributed by atoms with Crippen LogP contribution in [0.25, 0.3) is 22.0 Å². The number of benzene rings is 3. The summed E-state index contributed by atoms with van der Waals surface area (Å²) in [5, 5.41) is 11.9. The lowest BCUT2D eigenvalue weighted by Crippen LogP contribution is -2.14. The van der Waals surface area contributed by atoms with Gasteiger partial charge in [0.1, 0.15) is 18.1 Å². The first kappa shape index (κ1) is 20.3. The highest BCUT2D eigenvalue weighted by Gasteiger charge is 2.24. The number of nitrogens with zero attached hydrogens (tertiary/aromatic N) is 1. The molecule has 0 fully saturated rings. The van der Waals surface area contributed by atoms with E-state index in [1.807, 2.05) is 55.5 Å². The molecule has 0 aliphatic carbocycles. The van der Waals surface area contributed by atoms with Crippen LogP contribution in [-0.2, 0) is 6.54 Å². The first-order chi connectivity index (χ1) is 14.5. The number of hydrogen-bond acceptors (Lipinski definition) is 2. The van der Waals surface area contributed by atoms with Gasteiger partial charge in [-0.15, -0.1) is 0 Å². The fraction of sp³-hybridized carbons (Fsp3) is 0.125. The zero-order chi connectivity index (χ0) is 21.3. The number of rotatable bonds is 6. The van der Waals surface area contributed by atoms with E-state index in [2.05, 4.69) is 0 Å². The molecule has 0 saturated heterocycles. The van der Waals surface area contributed by atoms with Gasteiger partial charge in [-0.25, -0.2) is 4.79 Å². The number of halogens is 2. The van der Waals surface area contributed by atoms with E-state index in [9.17, 15) is 9.90 Å². The molecule has 1 aromatic heterocycles. The molecule has 0 radical (unpaired) electrons. The summed E-state index contributed by atoms with van der Waals surface area (Å²) in [4.78, 5) is 12.3. The smallest absolute Gasteiger partial charge is 0.353 e. The number of carboxylic acid groups (broad SMARTS) is 1. The van der Waals surface area contributed by atoms with E-state index in [-0.39, 0.29) is 12.3 Å². The molecule has 3 aromatic carbocycles. The van der Waals surface area contributed by atoms with E-state index in [0.29, 0.717) is 22.3 Å². The van der Waals surface area contributed by atoms with Crippen LogP contribution in [-0.4, -0.2) is 22.2 Å². The van der Waals surface area contributed by atoms with Crippen molar-refractivity contribution in [1.82, 2.24) is 4.57 Å². The minimum atomic E-state index is -0.978. The highest BCUT2D eigenvalue weighted by atomic mass is 35.5. The molecule has 0 amide bonds. The first-order valence-corrected chi connectivity index (χ1v) is 10.2. The SMILES string of the molecule is Cc1ccccc1-c1c(C(=O)O)n(CCOc2ccc(Cl)cc2Cl)c2ccccc12. The topological polar surface area (TPSA) is 51.5 Å². The zero-order valence-electron chi connectivity index (χ0n) is 16.2. The largest absolute Gasteiger partial charge is 0.490 e. The van der Waals surface area contributed by atoms with Crippen LogP contribution < -0.4 is 4.74 Å². The number of fused-ring (bicyclic) bond motifs is 1. The molecule has 4 rings (SSSR count). The highest BCUT2D eigenvalue weighted by molar-refractivity contribution is 6.35. The number of aromatic carboxylic acids is 1. The van der Waals surface area contributed by atoms with Gasteiger partial charge in [0.05, 0.1) is 11.6 Å². The predicted octanol–water partition coefficient (Wildman–Crippen LogP) is 6.70. The number of aromatic nitrogens is 1. The molecule has 4 aromatic rings. The maximum atomic E-state index is 12.3. The minimum Gasteiger partial charge on any atom is -0.490 e. The lowest BCUT2D eigenvalue weighted by molar-refractivity contribution is 0.0685. The van der Waals surface area contributed by atoms with Crippen LogP contribution in [0.1, 0.15) is 16.1 Å². The second kappa shape index (κ2) is 8.42. The average Bonchev–Trinajstić information content (AvgIpc) is 3.04. The Bertz CT molecular complexity index is 1250. The summed E-state index contributed by atoms with van der Waals surface area (Å²) in [6, 6.07) is 20.5. The molecule has 152 valence electrons. The number of carbonyl (C=O) groups is 1. The van der Waals surface area contributed by atoms with Gasteiger partial charge < -0.3 is 14.4 Å². The number of aryl methyl sites for hydroxylation is 1. The van der Waals surface area contributed by atoms with Gasteiger partial charge in [-0.1, -0.05) is 65.7 Å². The fourth-order valence-electron chi connectivity index (χ4n) is 3.72. The predicted molar refractivity (Wildman–Crippen MR) is 121 cm³/mol. The summed E-state index contributed by atoms with van der Waals surface area (Å²) < 4.78 is 7.61. The van der Waals surface area contributed by atoms with Crippen LogP contribution >= 0.6 is 23.2 Å². The van der Waals surface area contributed by atoms with Crippen molar-refractivity contribution in [3.05, 3.63) is 88.0 Å². The molecule has 30 heavy (non-hydrogen) atoms. The van der Waals surface area contributed by atoms with Crippen molar-refractivity contribution in [3.8, 4) is 16.9 Å². The van der Waals surface area contributed by atoms with Gasteiger partial charge in [0.2, 0.25) is 0 Å². The zero-order valence-corrected chi connectivity index (χ0v) is 17.7. The Kier molecular flexibility index (Phi) is 5.71. The van der Waals surface area contributed by atoms with E-state index in [0.717, 1.165) is 27.6 Å². The summed E-state index contributed by atoms with van der Waals surface area (Å²) in [5.74, 6) is -0.470. The molecule has 6 heteroatoms. The van der Waals surface area contributed by atoms with Crippen LogP contribution in [0.4, 0.5) is 0 Å². The number of para-hydroxylation sites is 1. The Morgan fingerprint density at radius 2 is 1.77 bits per heavy atom. The van der Waals surface area contributed by atoms with Crippen molar-refractivity contribution in [1.29, 1.82) is 0 Å². The molecular formula is C24H19Cl2NO3. The third-order valence-electron chi connectivity index (χ3n) is 5.05. The van der Waals surface area contributed by atoms with Gasteiger partial charge in [-0.05, 0) is 42.3 Å². The molecule has 0 saturated carbocycles. The summed E-state index contributed by atoms with van der Waals surface area (Å²) in [6.45, 7) is 2.60. The van der Waals surface area contributed by atoms with Crippen LogP contribution in [0, 0.1) is 6.92 Å². The lowest BCUT2D eigenvalue weighted by Gasteiger charge is -2.12. The summed E-state index contributed by atoms with van der Waals surface area (Å²) in [6.07, 6.45) is 0. The average molecular weight is 440 g/mol. The molecular weight excluding hydrogens is 421 g/mol. The van der Waals surface area contributed by atoms with E-state index in [4.69, 9.17) is 27.9 Å². The van der Waals surface area contributed by atoms with Crippen molar-refractivity contribution in [2.24, 2.45) is 0 Å². The van der Waals surface area contributed by atoms with Crippen LogP contribution in [0.15, 0.2) is 66.7 Å². The lowest BCUT2D eigenvalue weighted by atomic mass is 9.97. The third-order valence-corrected chi connectivity index (χ3v) is 5.58. The summed E-state index contributed by atoms with van der Waals surface area (Å²) >= 11 is 12.1. The third kappa shape index (κ3) is 3.76. The van der Waals surface area contributed by atoms with Gasteiger partial charge in [0.15, 0.2) is 0 Å². The van der Waals surface area contributed by atoms with Crippen molar-refractivity contribution in [3.63, 3.8) is 0 Å². The number of carboxylic acids is 1. The standard InChI is InChI=1S/C24H19Cl2NO3/c1-15-6-2-3-7-17(15)22-18-8-4-5-9-20(18)27(23(22)24(28)29)12-13-30-21-11-10-16(25)14-19(21)26/h2-11,14H,12-13H2,1H3,(H,28,29). The van der Waals surface area contributed by atoms with Crippen LogP contribution in [0.5, 0.6) is 5.75 Å². The van der Waals surface area contributed by atoms with Crippen LogP contribution in [0.3, 0.4) is 0 Å². The molecule has 0 spiro atoms. The van der Waals surface area contributed by atoms with E-state index in [1.165, 1.54) is 0 Å².